The van der Waals surface area contributed by atoms with Crippen LogP contribution in [0.3, 0.4) is 0 Å². The maximum Gasteiger partial charge on any atom is 0.276 e. The van der Waals surface area contributed by atoms with E-state index in [9.17, 15) is 9.90 Å². The Labute approximate surface area is 109 Å². The predicted molar refractivity (Wildman–Crippen MR) is 65.3 cm³/mol. The Hall–Kier alpha value is -2.08. The Morgan fingerprint density at radius 2 is 2.37 bits per heavy atom. The zero-order valence-electron chi connectivity index (χ0n) is 10.3. The lowest BCUT2D eigenvalue weighted by Gasteiger charge is -2.29. The summed E-state index contributed by atoms with van der Waals surface area (Å²) >= 11 is 0. The summed E-state index contributed by atoms with van der Waals surface area (Å²) in [4.78, 5) is 13.8. The van der Waals surface area contributed by atoms with Crippen LogP contribution in [0.15, 0.2) is 33.4 Å². The second kappa shape index (κ2) is 4.89. The summed E-state index contributed by atoms with van der Waals surface area (Å²) in [5.74, 6) is 0.733. The summed E-state index contributed by atoms with van der Waals surface area (Å²) in [6.45, 7) is 0.987. The van der Waals surface area contributed by atoms with Gasteiger partial charge in [-0.05, 0) is 25.0 Å². The van der Waals surface area contributed by atoms with E-state index in [1.165, 1.54) is 6.26 Å². The maximum atomic E-state index is 12.2. The maximum absolute atomic E-state index is 12.2. The van der Waals surface area contributed by atoms with Gasteiger partial charge in [0.05, 0.1) is 12.4 Å². The number of carbonyl (C=O) groups is 1. The first kappa shape index (κ1) is 12.0. The third-order valence-corrected chi connectivity index (χ3v) is 3.18. The zero-order valence-corrected chi connectivity index (χ0v) is 10.3. The predicted octanol–water partition coefficient (Wildman–Crippen LogP) is 1.53. The van der Waals surface area contributed by atoms with Gasteiger partial charge in [-0.2, -0.15) is 0 Å². The highest BCUT2D eigenvalue weighted by Crippen LogP contribution is 2.22. The highest BCUT2D eigenvalue weighted by atomic mass is 16.5. The van der Waals surface area contributed by atoms with Crippen molar-refractivity contribution in [3.05, 3.63) is 30.2 Å². The molecular formula is C13H14N2O4. The number of likely N-dealkylation sites (tertiary alicyclic amines) is 1. The average Bonchev–Trinajstić information content (AvgIpc) is 3.08. The molecule has 1 aliphatic rings. The topological polar surface area (TPSA) is 79.7 Å². The van der Waals surface area contributed by atoms with Crippen LogP contribution in [0.4, 0.5) is 0 Å². The highest BCUT2D eigenvalue weighted by molar-refractivity contribution is 5.93. The number of furan rings is 1. The molecule has 1 atom stereocenters. The molecule has 6 heteroatoms. The van der Waals surface area contributed by atoms with Crippen LogP contribution >= 0.6 is 0 Å². The first-order chi connectivity index (χ1) is 9.24. The number of nitrogens with zero attached hydrogens (tertiary/aromatic N) is 2. The van der Waals surface area contributed by atoms with Gasteiger partial charge in [0.15, 0.2) is 11.5 Å². The molecule has 0 radical (unpaired) electrons. The Bertz CT molecular complexity index is 561. The van der Waals surface area contributed by atoms with Crippen LogP contribution in [0.5, 0.6) is 0 Å². The molecule has 1 aliphatic heterocycles. The molecule has 2 aromatic rings. The lowest BCUT2D eigenvalue weighted by molar-refractivity contribution is 0.0465. The molecule has 1 N–H and O–H groups in total. The minimum absolute atomic E-state index is 0.222. The molecule has 3 heterocycles. The van der Waals surface area contributed by atoms with Crippen molar-refractivity contribution in [2.45, 2.75) is 18.9 Å². The van der Waals surface area contributed by atoms with Gasteiger partial charge >= 0.3 is 0 Å². The third-order valence-electron chi connectivity index (χ3n) is 3.18. The van der Waals surface area contributed by atoms with E-state index in [1.807, 2.05) is 0 Å². The Kier molecular flexibility index (Phi) is 3.08. The van der Waals surface area contributed by atoms with E-state index < -0.39 is 6.10 Å². The first-order valence-corrected chi connectivity index (χ1v) is 6.22. The average molecular weight is 262 g/mol. The Balaban J connectivity index is 1.77. The number of aromatic nitrogens is 1. The fourth-order valence-electron chi connectivity index (χ4n) is 2.21. The number of amides is 1. The molecule has 19 heavy (non-hydrogen) atoms. The van der Waals surface area contributed by atoms with E-state index in [1.54, 1.807) is 23.1 Å². The van der Waals surface area contributed by atoms with Crippen LogP contribution < -0.4 is 0 Å². The number of aliphatic hydroxyl groups excluding tert-OH is 1. The Morgan fingerprint density at radius 3 is 3.11 bits per heavy atom. The second-order valence-electron chi connectivity index (χ2n) is 4.60. The summed E-state index contributed by atoms with van der Waals surface area (Å²) in [5, 5.41) is 13.3. The van der Waals surface area contributed by atoms with E-state index >= 15 is 0 Å². The molecule has 0 bridgehead atoms. The van der Waals surface area contributed by atoms with Crippen molar-refractivity contribution >= 4 is 5.91 Å². The number of β-amino-alcohol motifs (C(OH)–C–C–N with tert-alkyl or cyclic N) is 1. The fourth-order valence-corrected chi connectivity index (χ4v) is 2.21. The number of hydrogen-bond donors (Lipinski definition) is 1. The first-order valence-electron chi connectivity index (χ1n) is 6.22. The largest absolute Gasteiger partial charge is 0.461 e. The van der Waals surface area contributed by atoms with Gasteiger partial charge in [0.1, 0.15) is 0 Å². The third kappa shape index (κ3) is 2.39. The quantitative estimate of drug-likeness (QED) is 0.887. The fraction of sp³-hybridized carbons (Fsp3) is 0.385. The van der Waals surface area contributed by atoms with Gasteiger partial charge in [0, 0.05) is 19.2 Å². The molecule has 3 rings (SSSR count). The molecule has 0 unspecified atom stereocenters. The molecule has 6 nitrogen and oxygen atoms in total. The van der Waals surface area contributed by atoms with Crippen molar-refractivity contribution in [3.8, 4) is 11.5 Å². The molecule has 1 saturated heterocycles. The van der Waals surface area contributed by atoms with Gasteiger partial charge in [0.2, 0.25) is 5.76 Å². The lowest BCUT2D eigenvalue weighted by Crippen LogP contribution is -2.42. The second-order valence-corrected chi connectivity index (χ2v) is 4.60. The molecule has 0 aliphatic carbocycles. The van der Waals surface area contributed by atoms with Crippen LogP contribution in [0.25, 0.3) is 11.5 Å². The SMILES string of the molecule is O=C(c1cc(-c2ccco2)on1)N1CCC[C@H](O)C1. The molecule has 1 amide bonds. The lowest BCUT2D eigenvalue weighted by atomic mass is 10.1. The molecule has 1 fully saturated rings. The summed E-state index contributed by atoms with van der Waals surface area (Å²) < 4.78 is 10.3. The smallest absolute Gasteiger partial charge is 0.276 e. The van der Waals surface area contributed by atoms with E-state index in [2.05, 4.69) is 5.16 Å². The van der Waals surface area contributed by atoms with E-state index in [-0.39, 0.29) is 11.6 Å². The van der Waals surface area contributed by atoms with Crippen LogP contribution in [0.1, 0.15) is 23.3 Å². The van der Waals surface area contributed by atoms with Crippen molar-refractivity contribution in [2.24, 2.45) is 0 Å². The summed E-state index contributed by atoms with van der Waals surface area (Å²) in [5.41, 5.74) is 0.237. The molecule has 0 saturated carbocycles. The number of carbonyl (C=O) groups excluding carboxylic acids is 1. The van der Waals surface area contributed by atoms with Gasteiger partial charge in [-0.3, -0.25) is 4.79 Å². The van der Waals surface area contributed by atoms with Gasteiger partial charge in [-0.15, -0.1) is 0 Å². The monoisotopic (exact) mass is 262 g/mol. The van der Waals surface area contributed by atoms with E-state index in [4.69, 9.17) is 8.94 Å². The van der Waals surface area contributed by atoms with Gasteiger partial charge < -0.3 is 18.9 Å². The number of hydrogen-bond acceptors (Lipinski definition) is 5. The number of piperidine rings is 1. The standard InChI is InChI=1S/C13H14N2O4/c16-9-3-1-5-15(8-9)13(17)10-7-12(19-14-10)11-4-2-6-18-11/h2,4,6-7,9,16H,1,3,5,8H2/t9-/m0/s1. The van der Waals surface area contributed by atoms with Crippen LogP contribution in [-0.4, -0.2) is 40.3 Å². The Morgan fingerprint density at radius 1 is 1.47 bits per heavy atom. The van der Waals surface area contributed by atoms with Crippen molar-refractivity contribution in [3.63, 3.8) is 0 Å². The minimum atomic E-state index is -0.450. The van der Waals surface area contributed by atoms with Crippen molar-refractivity contribution in [1.29, 1.82) is 0 Å². The summed E-state index contributed by atoms with van der Waals surface area (Å²) in [7, 11) is 0. The molecule has 2 aromatic heterocycles. The van der Waals surface area contributed by atoms with Crippen LogP contribution in [-0.2, 0) is 0 Å². The van der Waals surface area contributed by atoms with Gasteiger partial charge in [0.25, 0.3) is 5.91 Å². The normalized spacial score (nSPS) is 19.6. The van der Waals surface area contributed by atoms with Gasteiger partial charge in [-0.25, -0.2) is 0 Å². The van der Waals surface area contributed by atoms with Crippen LogP contribution in [0.2, 0.25) is 0 Å². The van der Waals surface area contributed by atoms with Gasteiger partial charge in [-0.1, -0.05) is 5.16 Å². The van der Waals surface area contributed by atoms with E-state index in [0.29, 0.717) is 24.6 Å². The molecule has 0 spiro atoms. The van der Waals surface area contributed by atoms with Crippen LogP contribution in [0, 0.1) is 0 Å². The number of rotatable bonds is 2. The molecule has 100 valence electrons. The summed E-state index contributed by atoms with van der Waals surface area (Å²) in [6, 6.07) is 5.03. The van der Waals surface area contributed by atoms with Crippen molar-refractivity contribution < 1.29 is 18.8 Å². The summed E-state index contributed by atoms with van der Waals surface area (Å²) in [6.07, 6.45) is 2.62. The van der Waals surface area contributed by atoms with Crippen molar-refractivity contribution in [2.75, 3.05) is 13.1 Å². The van der Waals surface area contributed by atoms with E-state index in [0.717, 1.165) is 12.8 Å². The zero-order chi connectivity index (χ0) is 13.2. The van der Waals surface area contributed by atoms with Crippen molar-refractivity contribution in [1.82, 2.24) is 10.1 Å². The minimum Gasteiger partial charge on any atom is -0.461 e. The highest BCUT2D eigenvalue weighted by Gasteiger charge is 2.25. The number of aliphatic hydroxyl groups is 1. The molecule has 0 aromatic carbocycles. The molecular weight excluding hydrogens is 248 g/mol.